The van der Waals surface area contributed by atoms with Gasteiger partial charge in [-0.1, -0.05) is 0 Å². The number of hydrogen-bond donors (Lipinski definition) is 1. The summed E-state index contributed by atoms with van der Waals surface area (Å²) in [4.78, 5) is 24.3. The average Bonchev–Trinajstić information content (AvgIpc) is 3.46. The van der Waals surface area contributed by atoms with Crippen LogP contribution in [0.1, 0.15) is 78.1 Å². The van der Waals surface area contributed by atoms with Crippen molar-refractivity contribution in [3.8, 4) is 0 Å². The summed E-state index contributed by atoms with van der Waals surface area (Å²) in [5, 5.41) is 4.82. The van der Waals surface area contributed by atoms with Crippen LogP contribution >= 0.6 is 0 Å². The normalized spacial score (nSPS) is 24.6. The first kappa shape index (κ1) is 19.2. The largest absolute Gasteiger partial charge is 0.330 e. The van der Waals surface area contributed by atoms with Crippen molar-refractivity contribution < 1.29 is 4.79 Å². The second kappa shape index (κ2) is 7.50. The van der Waals surface area contributed by atoms with E-state index in [1.54, 1.807) is 17.0 Å². The molecule has 3 aromatic rings. The highest BCUT2D eigenvalue weighted by Gasteiger charge is 2.33. The molecule has 3 aromatic heterocycles. The number of carbonyl (C=O) groups excluding carboxylic acids is 1. The molecule has 1 saturated carbocycles. The topological polar surface area (TPSA) is 94.3 Å². The van der Waals surface area contributed by atoms with Gasteiger partial charge in [0.25, 0.3) is 5.91 Å². The lowest BCUT2D eigenvalue weighted by Crippen LogP contribution is -2.39. The summed E-state index contributed by atoms with van der Waals surface area (Å²) < 4.78 is 3.64. The first-order valence-electron chi connectivity index (χ1n) is 10.9. The van der Waals surface area contributed by atoms with Gasteiger partial charge in [0.2, 0.25) is 0 Å². The molecule has 5 rings (SSSR count). The Kier molecular flexibility index (Phi) is 4.81. The third kappa shape index (κ3) is 3.29. The van der Waals surface area contributed by atoms with Gasteiger partial charge < -0.3 is 15.2 Å². The Labute approximate surface area is 176 Å². The standard InChI is InChI=1S/C22H29N7O/c1-14-13-29-19(25-20(14)15-6-7-16(23)11-15)12-17(26-29)18-5-3-4-9-28(18)22(30)21-24-8-10-27(21)2/h8,10,12-13,15-16,18H,3-7,9,11,23H2,1-2H3. The van der Waals surface area contributed by atoms with Gasteiger partial charge in [-0.25, -0.2) is 14.5 Å². The summed E-state index contributed by atoms with van der Waals surface area (Å²) in [5.41, 5.74) is 10.2. The van der Waals surface area contributed by atoms with Gasteiger partial charge in [0.1, 0.15) is 0 Å². The fraction of sp³-hybridized carbons (Fsp3) is 0.545. The highest BCUT2D eigenvalue weighted by molar-refractivity contribution is 5.91. The highest BCUT2D eigenvalue weighted by Crippen LogP contribution is 2.35. The molecule has 2 aliphatic rings. The molecule has 8 heteroatoms. The maximum absolute atomic E-state index is 13.2. The van der Waals surface area contributed by atoms with Crippen LogP contribution in [0.4, 0.5) is 0 Å². The molecule has 0 spiro atoms. The number of nitrogens with two attached hydrogens (primary N) is 1. The van der Waals surface area contributed by atoms with E-state index >= 15 is 0 Å². The van der Waals surface area contributed by atoms with E-state index in [-0.39, 0.29) is 18.0 Å². The fourth-order valence-corrected chi connectivity index (χ4v) is 5.07. The number of aromatic nitrogens is 5. The van der Waals surface area contributed by atoms with E-state index in [0.717, 1.165) is 67.7 Å². The van der Waals surface area contributed by atoms with Gasteiger partial charge in [-0.15, -0.1) is 0 Å². The Bertz CT molecular complexity index is 1080. The predicted octanol–water partition coefficient (Wildman–Crippen LogP) is 2.73. The van der Waals surface area contributed by atoms with Crippen molar-refractivity contribution in [1.82, 2.24) is 29.0 Å². The van der Waals surface area contributed by atoms with Crippen molar-refractivity contribution >= 4 is 11.6 Å². The Morgan fingerprint density at radius 1 is 1.23 bits per heavy atom. The predicted molar refractivity (Wildman–Crippen MR) is 113 cm³/mol. The minimum absolute atomic E-state index is 0.0333. The molecular formula is C22H29N7O. The van der Waals surface area contributed by atoms with Crippen LogP contribution in [-0.4, -0.2) is 47.5 Å². The van der Waals surface area contributed by atoms with E-state index in [9.17, 15) is 4.79 Å². The van der Waals surface area contributed by atoms with Gasteiger partial charge in [-0.05, 0) is 51.0 Å². The lowest BCUT2D eigenvalue weighted by molar-refractivity contribution is 0.0589. The van der Waals surface area contributed by atoms with Crippen molar-refractivity contribution in [3.63, 3.8) is 0 Å². The molecular weight excluding hydrogens is 378 g/mol. The Morgan fingerprint density at radius 3 is 2.83 bits per heavy atom. The molecule has 158 valence electrons. The number of piperidine rings is 1. The Morgan fingerprint density at radius 2 is 2.10 bits per heavy atom. The molecule has 0 bridgehead atoms. The molecule has 30 heavy (non-hydrogen) atoms. The van der Waals surface area contributed by atoms with Crippen molar-refractivity contribution in [2.24, 2.45) is 12.8 Å². The lowest BCUT2D eigenvalue weighted by atomic mass is 9.99. The minimum atomic E-state index is -0.0479. The number of likely N-dealkylation sites (tertiary alicyclic amines) is 1. The van der Waals surface area contributed by atoms with E-state index in [4.69, 9.17) is 15.8 Å². The SMILES string of the molecule is Cc1cn2nc(C3CCCCN3C(=O)c3nccn3C)cc2nc1C1CCC(N)C1. The number of nitrogens with zero attached hydrogens (tertiary/aromatic N) is 6. The second-order valence-corrected chi connectivity index (χ2v) is 8.82. The maximum atomic E-state index is 13.2. The summed E-state index contributed by atoms with van der Waals surface area (Å²) in [6.45, 7) is 2.83. The van der Waals surface area contributed by atoms with Gasteiger partial charge in [-0.2, -0.15) is 5.10 Å². The molecule has 8 nitrogen and oxygen atoms in total. The van der Waals surface area contributed by atoms with Gasteiger partial charge in [-0.3, -0.25) is 4.79 Å². The quantitative estimate of drug-likeness (QED) is 0.720. The molecule has 1 aliphatic carbocycles. The zero-order chi connectivity index (χ0) is 20.8. The first-order chi connectivity index (χ1) is 14.5. The maximum Gasteiger partial charge on any atom is 0.290 e. The lowest BCUT2D eigenvalue weighted by Gasteiger charge is -2.34. The Hall–Kier alpha value is -2.74. The fourth-order valence-electron chi connectivity index (χ4n) is 5.07. The van der Waals surface area contributed by atoms with E-state index in [0.29, 0.717) is 11.7 Å². The zero-order valence-corrected chi connectivity index (χ0v) is 17.7. The van der Waals surface area contributed by atoms with Gasteiger partial charge in [0.15, 0.2) is 11.5 Å². The number of rotatable bonds is 3. The molecule has 1 amide bonds. The van der Waals surface area contributed by atoms with Gasteiger partial charge in [0, 0.05) is 50.2 Å². The number of aryl methyl sites for hydroxylation is 2. The van der Waals surface area contributed by atoms with E-state index < -0.39 is 0 Å². The number of imidazole rings is 1. The molecule has 3 unspecified atom stereocenters. The molecule has 1 saturated heterocycles. The second-order valence-electron chi connectivity index (χ2n) is 8.82. The van der Waals surface area contributed by atoms with E-state index in [1.165, 1.54) is 0 Å². The molecule has 1 aliphatic heterocycles. The van der Waals surface area contributed by atoms with Crippen LogP contribution in [0.2, 0.25) is 0 Å². The number of hydrogen-bond acceptors (Lipinski definition) is 5. The van der Waals surface area contributed by atoms with Crippen LogP contribution in [0.5, 0.6) is 0 Å². The first-order valence-corrected chi connectivity index (χ1v) is 10.9. The minimum Gasteiger partial charge on any atom is -0.330 e. The molecule has 0 aromatic carbocycles. The van der Waals surface area contributed by atoms with E-state index in [1.807, 2.05) is 22.5 Å². The smallest absolute Gasteiger partial charge is 0.290 e. The summed E-state index contributed by atoms with van der Waals surface area (Å²) in [7, 11) is 1.85. The van der Waals surface area contributed by atoms with Crippen LogP contribution < -0.4 is 5.73 Å². The summed E-state index contributed by atoms with van der Waals surface area (Å²) in [5.74, 6) is 0.869. The third-order valence-electron chi connectivity index (χ3n) is 6.67. The van der Waals surface area contributed by atoms with Crippen LogP contribution in [0, 0.1) is 6.92 Å². The van der Waals surface area contributed by atoms with Crippen molar-refractivity contribution in [2.75, 3.05) is 6.54 Å². The zero-order valence-electron chi connectivity index (χ0n) is 17.7. The average molecular weight is 408 g/mol. The van der Waals surface area contributed by atoms with Crippen LogP contribution in [0.15, 0.2) is 24.7 Å². The molecule has 2 fully saturated rings. The molecule has 2 N–H and O–H groups in total. The molecule has 3 atom stereocenters. The van der Waals surface area contributed by atoms with Crippen LogP contribution in [-0.2, 0) is 7.05 Å². The number of amides is 1. The third-order valence-corrected chi connectivity index (χ3v) is 6.67. The van der Waals surface area contributed by atoms with E-state index in [2.05, 4.69) is 18.1 Å². The number of carbonyl (C=O) groups is 1. The summed E-state index contributed by atoms with van der Waals surface area (Å²) >= 11 is 0. The van der Waals surface area contributed by atoms with Crippen molar-refractivity contribution in [2.45, 2.75) is 63.5 Å². The van der Waals surface area contributed by atoms with Crippen molar-refractivity contribution in [1.29, 1.82) is 0 Å². The van der Waals surface area contributed by atoms with Crippen LogP contribution in [0.25, 0.3) is 5.65 Å². The highest BCUT2D eigenvalue weighted by atomic mass is 16.2. The number of fused-ring (bicyclic) bond motifs is 1. The Balaban J connectivity index is 1.48. The van der Waals surface area contributed by atoms with Gasteiger partial charge >= 0.3 is 0 Å². The monoisotopic (exact) mass is 407 g/mol. The molecule has 0 radical (unpaired) electrons. The molecule has 4 heterocycles. The van der Waals surface area contributed by atoms with Crippen molar-refractivity contribution in [3.05, 3.63) is 47.4 Å². The van der Waals surface area contributed by atoms with Crippen LogP contribution in [0.3, 0.4) is 0 Å². The summed E-state index contributed by atoms with van der Waals surface area (Å²) in [6.07, 6.45) is 11.7. The van der Waals surface area contributed by atoms with Gasteiger partial charge in [0.05, 0.1) is 17.4 Å². The summed E-state index contributed by atoms with van der Waals surface area (Å²) in [6, 6.07) is 2.28.